The van der Waals surface area contributed by atoms with Gasteiger partial charge in [-0.2, -0.15) is 0 Å². The summed E-state index contributed by atoms with van der Waals surface area (Å²) in [7, 11) is -2.53. The topological polar surface area (TPSA) is 107 Å². The highest BCUT2D eigenvalue weighted by Gasteiger charge is 2.24. The third-order valence-corrected chi connectivity index (χ3v) is 7.46. The van der Waals surface area contributed by atoms with Crippen LogP contribution in [0.2, 0.25) is 0 Å². The van der Waals surface area contributed by atoms with Crippen molar-refractivity contribution in [1.82, 2.24) is 14.0 Å². The van der Waals surface area contributed by atoms with Crippen LogP contribution in [-0.4, -0.2) is 36.1 Å². The van der Waals surface area contributed by atoms with Crippen molar-refractivity contribution in [1.29, 1.82) is 5.41 Å². The van der Waals surface area contributed by atoms with Crippen LogP contribution in [0.5, 0.6) is 0 Å². The molecular weight excluding hydrogens is 428 g/mol. The molecule has 166 valence electrons. The molecule has 0 saturated carbocycles. The number of benzene rings is 1. The number of hydrogen-bond donors (Lipinski definition) is 1. The smallest absolute Gasteiger partial charge is 0.267 e. The zero-order chi connectivity index (χ0) is 23.2. The second kappa shape index (κ2) is 7.99. The van der Waals surface area contributed by atoms with E-state index < -0.39 is 15.4 Å². The van der Waals surface area contributed by atoms with Crippen LogP contribution >= 0.6 is 0 Å². The lowest BCUT2D eigenvalue weighted by atomic mass is 10.1. The predicted octanol–water partition coefficient (Wildman–Crippen LogP) is 2.53. The van der Waals surface area contributed by atoms with Gasteiger partial charge in [0.05, 0.1) is 16.9 Å². The third-order valence-electron chi connectivity index (χ3n) is 5.70. The van der Waals surface area contributed by atoms with Gasteiger partial charge in [0.15, 0.2) is 0 Å². The van der Waals surface area contributed by atoms with Crippen molar-refractivity contribution in [3.05, 3.63) is 75.1 Å². The van der Waals surface area contributed by atoms with Crippen LogP contribution in [0.4, 0.5) is 0 Å². The van der Waals surface area contributed by atoms with Crippen LogP contribution in [-0.2, 0) is 21.1 Å². The Kier molecular flexibility index (Phi) is 5.47. The Morgan fingerprint density at radius 3 is 2.47 bits per heavy atom. The zero-order valence-electron chi connectivity index (χ0n) is 18.3. The van der Waals surface area contributed by atoms with Gasteiger partial charge >= 0.3 is 0 Å². The number of methoxy groups -OCH3 is 1. The van der Waals surface area contributed by atoms with E-state index in [0.717, 1.165) is 16.7 Å². The molecule has 1 aromatic carbocycles. The standard InChI is InChI=1S/C23H24N4O4S/c1-14-7-8-17(12-16(14)3)32(29,30)19-13-18-22(26(20(19)24)10-11-31-4)25-21-15(2)6-5-9-27(21)23(18)28/h5-9,12-13,24H,10-11H2,1-4H3. The summed E-state index contributed by atoms with van der Waals surface area (Å²) in [5.74, 6) is 0. The van der Waals surface area contributed by atoms with E-state index in [9.17, 15) is 13.2 Å². The van der Waals surface area contributed by atoms with Crippen LogP contribution in [0.15, 0.2) is 57.2 Å². The molecule has 3 heterocycles. The maximum Gasteiger partial charge on any atom is 0.267 e. The van der Waals surface area contributed by atoms with Crippen molar-refractivity contribution < 1.29 is 13.2 Å². The molecule has 4 aromatic rings. The molecule has 9 heteroatoms. The van der Waals surface area contributed by atoms with Gasteiger partial charge in [0.25, 0.3) is 5.56 Å². The highest BCUT2D eigenvalue weighted by molar-refractivity contribution is 7.91. The third kappa shape index (κ3) is 3.43. The summed E-state index contributed by atoms with van der Waals surface area (Å²) in [6.07, 6.45) is 1.60. The highest BCUT2D eigenvalue weighted by atomic mass is 32.2. The van der Waals surface area contributed by atoms with Crippen LogP contribution in [0.3, 0.4) is 0 Å². The fourth-order valence-corrected chi connectivity index (χ4v) is 5.15. The van der Waals surface area contributed by atoms with Gasteiger partial charge in [-0.1, -0.05) is 12.1 Å². The van der Waals surface area contributed by atoms with Crippen molar-refractivity contribution >= 4 is 26.5 Å². The van der Waals surface area contributed by atoms with Gasteiger partial charge < -0.3 is 9.30 Å². The first-order chi connectivity index (χ1) is 15.2. The Hall–Kier alpha value is -3.30. The lowest BCUT2D eigenvalue weighted by molar-refractivity contribution is 0.186. The second-order valence-electron chi connectivity index (χ2n) is 7.79. The molecule has 0 unspecified atom stereocenters. The first-order valence-electron chi connectivity index (χ1n) is 10.1. The molecule has 1 N–H and O–H groups in total. The highest BCUT2D eigenvalue weighted by Crippen LogP contribution is 2.23. The van der Waals surface area contributed by atoms with Gasteiger partial charge in [0, 0.05) is 19.9 Å². The van der Waals surface area contributed by atoms with E-state index in [1.807, 2.05) is 26.8 Å². The molecule has 0 aliphatic heterocycles. The predicted molar refractivity (Wildman–Crippen MR) is 121 cm³/mol. The van der Waals surface area contributed by atoms with Crippen LogP contribution in [0, 0.1) is 26.2 Å². The first-order valence-corrected chi connectivity index (χ1v) is 11.6. The minimum Gasteiger partial charge on any atom is -0.383 e. The fraction of sp³-hybridized carbons (Fsp3) is 0.261. The van der Waals surface area contributed by atoms with Gasteiger partial charge in [-0.3, -0.25) is 14.6 Å². The van der Waals surface area contributed by atoms with E-state index in [4.69, 9.17) is 10.1 Å². The van der Waals surface area contributed by atoms with Gasteiger partial charge in [-0.05, 0) is 61.7 Å². The molecule has 0 aliphatic carbocycles. The van der Waals surface area contributed by atoms with Gasteiger partial charge in [0.1, 0.15) is 21.7 Å². The fourth-order valence-electron chi connectivity index (χ4n) is 3.68. The minimum absolute atomic E-state index is 0.0800. The summed E-state index contributed by atoms with van der Waals surface area (Å²) in [5.41, 5.74) is 2.67. The molecule has 4 rings (SSSR count). The van der Waals surface area contributed by atoms with E-state index >= 15 is 0 Å². The van der Waals surface area contributed by atoms with Crippen LogP contribution in [0.1, 0.15) is 16.7 Å². The van der Waals surface area contributed by atoms with Gasteiger partial charge in [0.2, 0.25) is 9.84 Å². The Balaban J connectivity index is 2.12. The van der Waals surface area contributed by atoms with E-state index in [1.54, 1.807) is 24.4 Å². The Morgan fingerprint density at radius 1 is 1.03 bits per heavy atom. The van der Waals surface area contributed by atoms with E-state index in [1.165, 1.54) is 28.2 Å². The summed E-state index contributed by atoms with van der Waals surface area (Å²) in [5, 5.41) is 8.85. The number of nitrogens with zero attached hydrogens (tertiary/aromatic N) is 3. The molecule has 0 spiro atoms. The number of ether oxygens (including phenoxy) is 1. The lowest BCUT2D eigenvalue weighted by Crippen LogP contribution is -2.31. The lowest BCUT2D eigenvalue weighted by Gasteiger charge is -2.15. The number of nitrogens with one attached hydrogen (secondary N) is 1. The number of aromatic nitrogens is 3. The molecule has 0 bridgehead atoms. The molecule has 0 saturated heterocycles. The normalized spacial score (nSPS) is 12.0. The van der Waals surface area contributed by atoms with E-state index in [-0.39, 0.29) is 39.5 Å². The molecule has 0 fully saturated rings. The number of pyridine rings is 2. The summed E-state index contributed by atoms with van der Waals surface area (Å²) in [6.45, 7) is 5.98. The van der Waals surface area contributed by atoms with E-state index in [0.29, 0.717) is 5.65 Å². The summed E-state index contributed by atoms with van der Waals surface area (Å²) < 4.78 is 35.0. The molecular formula is C23H24N4O4S. The number of hydrogen-bond acceptors (Lipinski definition) is 6. The number of sulfone groups is 1. The van der Waals surface area contributed by atoms with E-state index in [2.05, 4.69) is 4.98 Å². The van der Waals surface area contributed by atoms with Gasteiger partial charge in [-0.25, -0.2) is 13.4 Å². The first kappa shape index (κ1) is 21.9. The van der Waals surface area contributed by atoms with Crippen molar-refractivity contribution in [2.75, 3.05) is 13.7 Å². The van der Waals surface area contributed by atoms with Crippen LogP contribution in [0.25, 0.3) is 16.7 Å². The molecule has 8 nitrogen and oxygen atoms in total. The summed E-state index contributed by atoms with van der Waals surface area (Å²) in [6, 6.07) is 9.70. The molecule has 0 atom stereocenters. The molecule has 0 aliphatic rings. The number of aryl methyl sites for hydroxylation is 3. The Labute approximate surface area is 185 Å². The maximum atomic E-state index is 13.5. The Bertz CT molecular complexity index is 1600. The molecule has 32 heavy (non-hydrogen) atoms. The largest absolute Gasteiger partial charge is 0.383 e. The Morgan fingerprint density at radius 2 is 1.78 bits per heavy atom. The SMILES string of the molecule is COCCn1c(=N)c(S(=O)(=O)c2ccc(C)c(C)c2)cc2c(=O)n3cccc(C)c3nc21. The quantitative estimate of drug-likeness (QED) is 0.468. The molecule has 0 radical (unpaired) electrons. The average molecular weight is 453 g/mol. The second-order valence-corrected chi connectivity index (χ2v) is 9.71. The average Bonchev–Trinajstić information content (AvgIpc) is 2.75. The molecule has 0 amide bonds. The number of rotatable bonds is 5. The zero-order valence-corrected chi connectivity index (χ0v) is 19.2. The summed E-state index contributed by atoms with van der Waals surface area (Å²) in [4.78, 5) is 17.8. The molecule has 3 aromatic heterocycles. The minimum atomic E-state index is -4.05. The van der Waals surface area contributed by atoms with Crippen molar-refractivity contribution in [3.8, 4) is 0 Å². The van der Waals surface area contributed by atoms with Crippen molar-refractivity contribution in [3.63, 3.8) is 0 Å². The maximum absolute atomic E-state index is 13.5. The monoisotopic (exact) mass is 452 g/mol. The van der Waals surface area contributed by atoms with Crippen molar-refractivity contribution in [2.24, 2.45) is 0 Å². The van der Waals surface area contributed by atoms with Gasteiger partial charge in [-0.15, -0.1) is 0 Å². The number of fused-ring (bicyclic) bond motifs is 2. The van der Waals surface area contributed by atoms with Crippen LogP contribution < -0.4 is 11.0 Å². The van der Waals surface area contributed by atoms with Crippen molar-refractivity contribution in [2.45, 2.75) is 37.1 Å². The summed E-state index contributed by atoms with van der Waals surface area (Å²) >= 11 is 0.